The van der Waals surface area contributed by atoms with Gasteiger partial charge in [-0.2, -0.15) is 0 Å². The molecule has 0 aliphatic rings. The summed E-state index contributed by atoms with van der Waals surface area (Å²) in [6.45, 7) is 1.36. The Bertz CT molecular complexity index is 243. The van der Waals surface area contributed by atoms with Crippen LogP contribution in [0.5, 0.6) is 0 Å². The average Bonchev–Trinajstić information content (AvgIpc) is 2.24. The summed E-state index contributed by atoms with van der Waals surface area (Å²) in [6.07, 6.45) is 3.37. The molecule has 78 valence electrons. The zero-order valence-electron chi connectivity index (χ0n) is 8.69. The van der Waals surface area contributed by atoms with Gasteiger partial charge in [0.1, 0.15) is 5.82 Å². The molecule has 0 saturated heterocycles. The standard InChI is InChI=1S/C10H16N2O2/c1-13-7-4-9-3-6-11-10(12-9)5-8-14-2/h3,6H,4-5,7-8H2,1-2H3. The van der Waals surface area contributed by atoms with Gasteiger partial charge in [-0.1, -0.05) is 0 Å². The predicted octanol–water partition coefficient (Wildman–Crippen LogP) is 0.854. The predicted molar refractivity (Wildman–Crippen MR) is 53.2 cm³/mol. The summed E-state index contributed by atoms with van der Waals surface area (Å²) in [5.74, 6) is 0.834. The van der Waals surface area contributed by atoms with Gasteiger partial charge in [-0.05, 0) is 6.07 Å². The molecule has 0 aliphatic carbocycles. The number of methoxy groups -OCH3 is 2. The molecule has 4 nitrogen and oxygen atoms in total. The third kappa shape index (κ3) is 3.81. The van der Waals surface area contributed by atoms with Gasteiger partial charge in [0.15, 0.2) is 0 Å². The van der Waals surface area contributed by atoms with Crippen molar-refractivity contribution in [3.8, 4) is 0 Å². The molecular weight excluding hydrogens is 180 g/mol. The Labute approximate surface area is 84.3 Å². The van der Waals surface area contributed by atoms with Gasteiger partial charge in [-0.15, -0.1) is 0 Å². The van der Waals surface area contributed by atoms with E-state index in [1.165, 1.54) is 0 Å². The van der Waals surface area contributed by atoms with Crippen molar-refractivity contribution in [3.05, 3.63) is 23.8 Å². The van der Waals surface area contributed by atoms with Gasteiger partial charge in [0.2, 0.25) is 0 Å². The van der Waals surface area contributed by atoms with E-state index in [0.29, 0.717) is 13.2 Å². The molecule has 14 heavy (non-hydrogen) atoms. The summed E-state index contributed by atoms with van der Waals surface area (Å²) in [7, 11) is 3.36. The van der Waals surface area contributed by atoms with Gasteiger partial charge in [-0.3, -0.25) is 0 Å². The molecule has 0 fully saturated rings. The van der Waals surface area contributed by atoms with Gasteiger partial charge >= 0.3 is 0 Å². The van der Waals surface area contributed by atoms with E-state index in [9.17, 15) is 0 Å². The molecular formula is C10H16N2O2. The number of hydrogen-bond donors (Lipinski definition) is 0. The Kier molecular flexibility index (Phi) is 5.11. The number of ether oxygens (including phenoxy) is 2. The summed E-state index contributed by atoms with van der Waals surface area (Å²) in [5.41, 5.74) is 1.02. The highest BCUT2D eigenvalue weighted by Gasteiger charge is 1.98. The fourth-order valence-electron chi connectivity index (χ4n) is 1.10. The first-order valence-corrected chi connectivity index (χ1v) is 4.65. The van der Waals surface area contributed by atoms with E-state index < -0.39 is 0 Å². The van der Waals surface area contributed by atoms with Crippen molar-refractivity contribution in [2.24, 2.45) is 0 Å². The molecule has 0 radical (unpaired) electrons. The van der Waals surface area contributed by atoms with E-state index in [1.54, 1.807) is 20.4 Å². The van der Waals surface area contributed by atoms with Crippen LogP contribution in [0.2, 0.25) is 0 Å². The molecule has 0 aromatic carbocycles. The Hall–Kier alpha value is -1.00. The molecule has 4 heteroatoms. The maximum atomic E-state index is 4.98. The van der Waals surface area contributed by atoms with Crippen molar-refractivity contribution >= 4 is 0 Å². The maximum Gasteiger partial charge on any atom is 0.130 e. The van der Waals surface area contributed by atoms with E-state index in [4.69, 9.17) is 9.47 Å². The van der Waals surface area contributed by atoms with Crippen LogP contribution in [0.4, 0.5) is 0 Å². The summed E-state index contributed by atoms with van der Waals surface area (Å²) in [4.78, 5) is 8.53. The first-order valence-electron chi connectivity index (χ1n) is 4.65. The Balaban J connectivity index is 2.50. The van der Waals surface area contributed by atoms with Gasteiger partial charge in [0, 0.05) is 39.0 Å². The fourth-order valence-corrected chi connectivity index (χ4v) is 1.10. The first kappa shape index (κ1) is 11.1. The molecule has 1 rings (SSSR count). The lowest BCUT2D eigenvalue weighted by atomic mass is 10.3. The number of rotatable bonds is 6. The molecule has 1 heterocycles. The van der Waals surface area contributed by atoms with Gasteiger partial charge in [0.25, 0.3) is 0 Å². The van der Waals surface area contributed by atoms with E-state index in [0.717, 1.165) is 24.4 Å². The minimum atomic E-state index is 0.660. The largest absolute Gasteiger partial charge is 0.384 e. The second-order valence-electron chi connectivity index (χ2n) is 2.95. The highest BCUT2D eigenvalue weighted by molar-refractivity contribution is 5.02. The Morgan fingerprint density at radius 2 is 1.86 bits per heavy atom. The summed E-state index contributed by atoms with van der Waals surface area (Å²) >= 11 is 0. The third-order valence-electron chi connectivity index (χ3n) is 1.86. The lowest BCUT2D eigenvalue weighted by Crippen LogP contribution is -2.04. The van der Waals surface area contributed by atoms with Gasteiger partial charge in [0.05, 0.1) is 13.2 Å². The molecule has 0 saturated carbocycles. The van der Waals surface area contributed by atoms with Crippen LogP contribution in [-0.4, -0.2) is 37.4 Å². The first-order chi connectivity index (χ1) is 6.86. The smallest absolute Gasteiger partial charge is 0.130 e. The summed E-state index contributed by atoms with van der Waals surface area (Å²) in [5, 5.41) is 0. The average molecular weight is 196 g/mol. The van der Waals surface area contributed by atoms with Crippen LogP contribution in [-0.2, 0) is 22.3 Å². The van der Waals surface area contributed by atoms with E-state index in [-0.39, 0.29) is 0 Å². The van der Waals surface area contributed by atoms with Gasteiger partial charge < -0.3 is 9.47 Å². The second kappa shape index (κ2) is 6.45. The Morgan fingerprint density at radius 1 is 1.14 bits per heavy atom. The Morgan fingerprint density at radius 3 is 2.57 bits per heavy atom. The van der Waals surface area contributed by atoms with E-state index >= 15 is 0 Å². The molecule has 0 aliphatic heterocycles. The van der Waals surface area contributed by atoms with Crippen molar-refractivity contribution < 1.29 is 9.47 Å². The maximum absolute atomic E-state index is 4.98. The number of aromatic nitrogens is 2. The van der Waals surface area contributed by atoms with Crippen molar-refractivity contribution in [2.75, 3.05) is 27.4 Å². The highest BCUT2D eigenvalue weighted by atomic mass is 16.5. The SMILES string of the molecule is COCCc1ccnc(CCOC)n1. The fraction of sp³-hybridized carbons (Fsp3) is 0.600. The van der Waals surface area contributed by atoms with Crippen LogP contribution in [0.15, 0.2) is 12.3 Å². The van der Waals surface area contributed by atoms with Crippen LogP contribution in [0.25, 0.3) is 0 Å². The topological polar surface area (TPSA) is 44.2 Å². The minimum absolute atomic E-state index is 0.660. The van der Waals surface area contributed by atoms with E-state index in [1.807, 2.05) is 6.07 Å². The molecule has 0 N–H and O–H groups in total. The van der Waals surface area contributed by atoms with Crippen LogP contribution >= 0.6 is 0 Å². The lowest BCUT2D eigenvalue weighted by Gasteiger charge is -2.02. The quantitative estimate of drug-likeness (QED) is 0.676. The van der Waals surface area contributed by atoms with Crippen molar-refractivity contribution in [1.82, 2.24) is 9.97 Å². The lowest BCUT2D eigenvalue weighted by molar-refractivity contribution is 0.198. The molecule has 1 aromatic rings. The normalized spacial score (nSPS) is 10.4. The zero-order valence-corrected chi connectivity index (χ0v) is 8.69. The molecule has 0 spiro atoms. The van der Waals surface area contributed by atoms with Crippen LogP contribution in [0.3, 0.4) is 0 Å². The van der Waals surface area contributed by atoms with E-state index in [2.05, 4.69) is 9.97 Å². The van der Waals surface area contributed by atoms with Crippen molar-refractivity contribution in [1.29, 1.82) is 0 Å². The van der Waals surface area contributed by atoms with Crippen molar-refractivity contribution in [3.63, 3.8) is 0 Å². The van der Waals surface area contributed by atoms with Crippen LogP contribution in [0, 0.1) is 0 Å². The number of nitrogens with zero attached hydrogens (tertiary/aromatic N) is 2. The van der Waals surface area contributed by atoms with Gasteiger partial charge in [-0.25, -0.2) is 9.97 Å². The monoisotopic (exact) mass is 196 g/mol. The molecule has 1 aromatic heterocycles. The highest BCUT2D eigenvalue weighted by Crippen LogP contribution is 1.98. The molecule has 0 unspecified atom stereocenters. The van der Waals surface area contributed by atoms with Crippen molar-refractivity contribution in [2.45, 2.75) is 12.8 Å². The molecule has 0 bridgehead atoms. The summed E-state index contributed by atoms with van der Waals surface area (Å²) < 4.78 is 9.94. The van der Waals surface area contributed by atoms with Crippen LogP contribution in [0.1, 0.15) is 11.5 Å². The minimum Gasteiger partial charge on any atom is -0.384 e. The second-order valence-corrected chi connectivity index (χ2v) is 2.95. The van der Waals surface area contributed by atoms with Crippen LogP contribution < -0.4 is 0 Å². The molecule has 0 amide bonds. The third-order valence-corrected chi connectivity index (χ3v) is 1.86. The molecule has 0 atom stereocenters. The number of hydrogen-bond acceptors (Lipinski definition) is 4. The zero-order chi connectivity index (χ0) is 10.2. The summed E-state index contributed by atoms with van der Waals surface area (Å²) in [6, 6.07) is 1.91.